The number of hydrogen-bond acceptors (Lipinski definition) is 2. The quantitative estimate of drug-likeness (QED) is 0.235. The number of allylic oxidation sites excluding steroid dienone is 2. The summed E-state index contributed by atoms with van der Waals surface area (Å²) >= 11 is 0. The molecule has 1 saturated carbocycles. The molecule has 1 aromatic rings. The molecule has 0 heterocycles. The molecule has 0 amide bonds. The van der Waals surface area contributed by atoms with Gasteiger partial charge in [-0.2, -0.15) is 8.78 Å². The molecule has 0 spiro atoms. The zero-order chi connectivity index (χ0) is 22.4. The van der Waals surface area contributed by atoms with E-state index in [1.807, 2.05) is 0 Å². The van der Waals surface area contributed by atoms with Crippen LogP contribution in [0.4, 0.5) is 17.6 Å². The largest absolute Gasteiger partial charge is 0.458 e. The summed E-state index contributed by atoms with van der Waals surface area (Å²) in [7, 11) is 0. The highest BCUT2D eigenvalue weighted by Crippen LogP contribution is 2.40. The number of benzene rings is 1. The van der Waals surface area contributed by atoms with Crippen LogP contribution in [0.25, 0.3) is 5.57 Å². The first-order valence-corrected chi connectivity index (χ1v) is 11.5. The summed E-state index contributed by atoms with van der Waals surface area (Å²) < 4.78 is 59.1. The average molecular weight is 441 g/mol. The van der Waals surface area contributed by atoms with Crippen molar-refractivity contribution in [2.45, 2.75) is 96.0 Å². The number of hydrogen-bond donors (Lipinski definition) is 0. The fourth-order valence-corrected chi connectivity index (χ4v) is 4.95. The van der Waals surface area contributed by atoms with E-state index in [0.29, 0.717) is 61.1 Å². The lowest BCUT2D eigenvalue weighted by Gasteiger charge is -2.29. The molecule has 2 aliphatic rings. The molecule has 0 radical (unpaired) electrons. The Morgan fingerprint density at radius 2 is 1.84 bits per heavy atom. The molecule has 1 fully saturated rings. The molecule has 6 heteroatoms. The first-order chi connectivity index (χ1) is 14.9. The molecule has 0 aliphatic heterocycles. The van der Waals surface area contributed by atoms with E-state index in [-0.39, 0.29) is 17.6 Å². The third-order valence-electron chi connectivity index (χ3n) is 6.74. The third kappa shape index (κ3) is 6.33. The van der Waals surface area contributed by atoms with Crippen LogP contribution in [0.3, 0.4) is 0 Å². The molecular formula is C25H32F4O2. The summed E-state index contributed by atoms with van der Waals surface area (Å²) in [6.45, 7) is 2.16. The number of rotatable bonds is 8. The highest BCUT2D eigenvalue weighted by Gasteiger charge is 2.29. The van der Waals surface area contributed by atoms with E-state index < -0.39 is 18.5 Å². The summed E-state index contributed by atoms with van der Waals surface area (Å²) in [6, 6.07) is 4.96. The van der Waals surface area contributed by atoms with Gasteiger partial charge in [0.05, 0.1) is 0 Å². The van der Waals surface area contributed by atoms with Crippen LogP contribution in [0, 0.1) is 11.7 Å². The second kappa shape index (κ2) is 11.1. The van der Waals surface area contributed by atoms with Gasteiger partial charge in [0.2, 0.25) is 0 Å². The van der Waals surface area contributed by atoms with Gasteiger partial charge in [-0.25, -0.2) is 13.6 Å². The highest BCUT2D eigenvalue weighted by molar-refractivity contribution is 5.73. The molecular weight excluding hydrogens is 408 g/mol. The first-order valence-electron chi connectivity index (χ1n) is 11.5. The number of alkyl halides is 2. The standard InChI is InChI=1S/C25H32F4O2/c1-2-3-4-5-16-6-12-21(22(26)14-16)18-9-13-20(23(27)15-18)17-7-10-19(11-8-17)31-25(30)24(28)29/h9,13,15-17,19,24H,2-8,10-12,14H2,1H3. The number of esters is 1. The Labute approximate surface area is 182 Å². The summed E-state index contributed by atoms with van der Waals surface area (Å²) in [5, 5.41) is 0. The van der Waals surface area contributed by atoms with Gasteiger partial charge in [0.15, 0.2) is 0 Å². The third-order valence-corrected chi connectivity index (χ3v) is 6.74. The number of unbranched alkanes of at least 4 members (excludes halogenated alkanes) is 2. The van der Waals surface area contributed by atoms with Crippen molar-refractivity contribution in [2.75, 3.05) is 0 Å². The maximum Gasteiger partial charge on any atom is 0.374 e. The average Bonchev–Trinajstić information content (AvgIpc) is 2.74. The van der Waals surface area contributed by atoms with Gasteiger partial charge in [0, 0.05) is 6.42 Å². The molecule has 0 saturated heterocycles. The van der Waals surface area contributed by atoms with Gasteiger partial charge in [-0.3, -0.25) is 0 Å². The maximum atomic E-state index is 14.9. The van der Waals surface area contributed by atoms with Crippen LogP contribution >= 0.6 is 0 Å². The molecule has 3 rings (SSSR count). The minimum atomic E-state index is -3.12. The van der Waals surface area contributed by atoms with Gasteiger partial charge < -0.3 is 4.74 Å². The van der Waals surface area contributed by atoms with E-state index in [2.05, 4.69) is 6.92 Å². The van der Waals surface area contributed by atoms with Crippen molar-refractivity contribution >= 4 is 11.5 Å². The summed E-state index contributed by atoms with van der Waals surface area (Å²) in [6.07, 6.45) is 4.89. The van der Waals surface area contributed by atoms with Gasteiger partial charge >= 0.3 is 12.4 Å². The van der Waals surface area contributed by atoms with Crippen LogP contribution in [0.2, 0.25) is 0 Å². The number of carbonyl (C=O) groups is 1. The fourth-order valence-electron chi connectivity index (χ4n) is 4.95. The van der Waals surface area contributed by atoms with E-state index in [1.54, 1.807) is 12.1 Å². The van der Waals surface area contributed by atoms with Crippen molar-refractivity contribution in [1.82, 2.24) is 0 Å². The fraction of sp³-hybridized carbons (Fsp3) is 0.640. The smallest absolute Gasteiger partial charge is 0.374 e. The van der Waals surface area contributed by atoms with Crippen LogP contribution in [-0.4, -0.2) is 18.5 Å². The first kappa shape index (κ1) is 23.8. The van der Waals surface area contributed by atoms with Crippen molar-refractivity contribution in [3.8, 4) is 0 Å². The molecule has 0 aromatic heterocycles. The lowest BCUT2D eigenvalue weighted by Crippen LogP contribution is -2.27. The predicted octanol–water partition coefficient (Wildman–Crippen LogP) is 7.72. The minimum Gasteiger partial charge on any atom is -0.458 e. The van der Waals surface area contributed by atoms with Gasteiger partial charge in [0.1, 0.15) is 17.7 Å². The van der Waals surface area contributed by atoms with Crippen molar-refractivity contribution in [3.63, 3.8) is 0 Å². The maximum absolute atomic E-state index is 14.9. The molecule has 2 nitrogen and oxygen atoms in total. The predicted molar refractivity (Wildman–Crippen MR) is 113 cm³/mol. The van der Waals surface area contributed by atoms with Crippen LogP contribution in [0.1, 0.15) is 94.6 Å². The van der Waals surface area contributed by atoms with E-state index in [4.69, 9.17) is 4.74 Å². The van der Waals surface area contributed by atoms with E-state index in [1.165, 1.54) is 12.5 Å². The summed E-state index contributed by atoms with van der Waals surface area (Å²) in [5.41, 5.74) is 1.81. The molecule has 0 N–H and O–H groups in total. The molecule has 1 atom stereocenters. The van der Waals surface area contributed by atoms with Crippen molar-refractivity contribution in [2.24, 2.45) is 5.92 Å². The SMILES string of the molecule is CCCCCC1CCC(c2ccc(C3CCC(OC(=O)C(F)F)CC3)c(F)c2)=C(F)C1. The monoisotopic (exact) mass is 440 g/mol. The Morgan fingerprint density at radius 1 is 1.10 bits per heavy atom. The Hall–Kier alpha value is -1.85. The van der Waals surface area contributed by atoms with Crippen LogP contribution in [0.5, 0.6) is 0 Å². The number of ether oxygens (including phenoxy) is 1. The molecule has 2 aliphatic carbocycles. The minimum absolute atomic E-state index is 0.0521. The topological polar surface area (TPSA) is 26.3 Å². The summed E-state index contributed by atoms with van der Waals surface area (Å²) in [5.74, 6) is -1.62. The lowest BCUT2D eigenvalue weighted by molar-refractivity contribution is -0.163. The van der Waals surface area contributed by atoms with Gasteiger partial charge in [-0.05, 0) is 73.1 Å². The van der Waals surface area contributed by atoms with E-state index >= 15 is 0 Å². The van der Waals surface area contributed by atoms with Gasteiger partial charge in [0.25, 0.3) is 0 Å². The zero-order valence-corrected chi connectivity index (χ0v) is 18.1. The van der Waals surface area contributed by atoms with E-state index in [9.17, 15) is 22.4 Å². The highest BCUT2D eigenvalue weighted by atomic mass is 19.3. The lowest BCUT2D eigenvalue weighted by atomic mass is 9.80. The van der Waals surface area contributed by atoms with Crippen LogP contribution < -0.4 is 0 Å². The van der Waals surface area contributed by atoms with Crippen molar-refractivity contribution in [1.29, 1.82) is 0 Å². The Morgan fingerprint density at radius 3 is 2.45 bits per heavy atom. The van der Waals surface area contributed by atoms with Gasteiger partial charge in [-0.15, -0.1) is 0 Å². The Bertz CT molecular complexity index is 782. The molecule has 0 bridgehead atoms. The summed E-state index contributed by atoms with van der Waals surface area (Å²) in [4.78, 5) is 11.0. The van der Waals surface area contributed by atoms with E-state index in [0.717, 1.165) is 25.7 Å². The van der Waals surface area contributed by atoms with Crippen LogP contribution in [0.15, 0.2) is 24.0 Å². The number of carbonyl (C=O) groups excluding carboxylic acids is 1. The normalized spacial score (nSPS) is 24.5. The Kier molecular flexibility index (Phi) is 8.56. The van der Waals surface area contributed by atoms with Gasteiger partial charge in [-0.1, -0.05) is 44.7 Å². The van der Waals surface area contributed by atoms with Crippen molar-refractivity contribution < 1.29 is 27.1 Å². The van der Waals surface area contributed by atoms with Crippen molar-refractivity contribution in [3.05, 3.63) is 41.0 Å². The second-order valence-electron chi connectivity index (χ2n) is 8.94. The molecule has 172 valence electrons. The molecule has 1 unspecified atom stereocenters. The second-order valence-corrected chi connectivity index (χ2v) is 8.94. The zero-order valence-electron chi connectivity index (χ0n) is 18.1. The number of halogens is 4. The van der Waals surface area contributed by atoms with Crippen LogP contribution in [-0.2, 0) is 9.53 Å². The molecule has 31 heavy (non-hydrogen) atoms. The molecule has 1 aromatic carbocycles. The Balaban J connectivity index is 1.59.